The zero-order chi connectivity index (χ0) is 29.8. The molecule has 3 aromatic rings. The third kappa shape index (κ3) is 6.93. The van der Waals surface area contributed by atoms with E-state index in [0.717, 1.165) is 21.8 Å². The van der Waals surface area contributed by atoms with E-state index in [1.165, 1.54) is 12.0 Å². The molecule has 2 amide bonds. The number of anilines is 2. The number of nitrogens with zero attached hydrogens (tertiary/aromatic N) is 6. The summed E-state index contributed by atoms with van der Waals surface area (Å²) in [4.78, 5) is 45.3. The topological polar surface area (TPSA) is 119 Å². The summed E-state index contributed by atoms with van der Waals surface area (Å²) in [5, 5.41) is -0.312. The minimum atomic E-state index is -0.339. The summed E-state index contributed by atoms with van der Waals surface area (Å²) in [6.45, 7) is 5.23. The summed E-state index contributed by atoms with van der Waals surface area (Å²) in [6, 6.07) is 12.9. The Balaban J connectivity index is 1.22. The van der Waals surface area contributed by atoms with Crippen LogP contribution in [0.5, 0.6) is 17.5 Å². The first-order chi connectivity index (χ1) is 21.0. The van der Waals surface area contributed by atoms with Gasteiger partial charge in [0.2, 0.25) is 11.9 Å². The molecule has 4 heterocycles. The maximum atomic E-state index is 13.1. The number of ether oxygens (including phenoxy) is 4. The van der Waals surface area contributed by atoms with Gasteiger partial charge in [0.1, 0.15) is 0 Å². The summed E-state index contributed by atoms with van der Waals surface area (Å²) >= 11 is 4.31. The molecule has 0 unspecified atom stereocenters. The van der Waals surface area contributed by atoms with Crippen molar-refractivity contribution in [1.29, 1.82) is 0 Å². The maximum absolute atomic E-state index is 13.1. The van der Waals surface area contributed by atoms with Gasteiger partial charge in [-0.3, -0.25) is 14.5 Å². The number of morpholine rings is 2. The number of rotatable bonds is 8. The zero-order valence-electron chi connectivity index (χ0n) is 23.4. The lowest BCUT2D eigenvalue weighted by Crippen LogP contribution is -2.40. The fourth-order valence-corrected chi connectivity index (χ4v) is 5.81. The number of imide groups is 1. The standard InChI is InChI=1S/C29H29BrN6O6S/c1-39-23-16-20(17-24-25(37)36(29(38)43-24)18-19-2-5-21(30)6-3-19)4-7-22(23)42-28-32-26(34-8-12-40-13-9-34)31-27(33-28)35-10-14-41-15-11-35/h2-7,16-17H,8-15,18H2,1H3/b24-17-. The highest BCUT2D eigenvalue weighted by atomic mass is 79.9. The van der Waals surface area contributed by atoms with Crippen LogP contribution in [0, 0.1) is 0 Å². The average Bonchev–Trinajstić information content (AvgIpc) is 3.30. The van der Waals surface area contributed by atoms with Crippen molar-refractivity contribution in [3.63, 3.8) is 0 Å². The van der Waals surface area contributed by atoms with Gasteiger partial charge in [-0.15, -0.1) is 0 Å². The maximum Gasteiger partial charge on any atom is 0.328 e. The Morgan fingerprint density at radius 3 is 2.12 bits per heavy atom. The largest absolute Gasteiger partial charge is 0.493 e. The molecule has 224 valence electrons. The molecular formula is C29H29BrN6O6S. The van der Waals surface area contributed by atoms with Crippen LogP contribution in [-0.2, 0) is 20.8 Å². The van der Waals surface area contributed by atoms with E-state index in [9.17, 15) is 9.59 Å². The number of benzene rings is 2. The van der Waals surface area contributed by atoms with E-state index in [0.29, 0.717) is 86.5 Å². The van der Waals surface area contributed by atoms with Gasteiger partial charge in [-0.25, -0.2) is 0 Å². The van der Waals surface area contributed by atoms with E-state index in [4.69, 9.17) is 23.9 Å². The van der Waals surface area contributed by atoms with Gasteiger partial charge in [0, 0.05) is 30.7 Å². The van der Waals surface area contributed by atoms with Crippen LogP contribution in [0.15, 0.2) is 51.8 Å². The van der Waals surface area contributed by atoms with Crippen molar-refractivity contribution in [2.24, 2.45) is 0 Å². The van der Waals surface area contributed by atoms with Gasteiger partial charge in [0.05, 0.1) is 45.0 Å². The third-order valence-corrected chi connectivity index (χ3v) is 8.43. The van der Waals surface area contributed by atoms with Gasteiger partial charge < -0.3 is 28.7 Å². The Kier molecular flexibility index (Phi) is 9.07. The van der Waals surface area contributed by atoms with Crippen LogP contribution in [0.3, 0.4) is 0 Å². The van der Waals surface area contributed by atoms with Crippen LogP contribution < -0.4 is 19.3 Å². The quantitative estimate of drug-likeness (QED) is 0.318. The van der Waals surface area contributed by atoms with Gasteiger partial charge in [0.15, 0.2) is 11.5 Å². The van der Waals surface area contributed by atoms with E-state index < -0.39 is 0 Å². The molecule has 14 heteroatoms. The Hall–Kier alpha value is -3.72. The Morgan fingerprint density at radius 2 is 1.51 bits per heavy atom. The molecule has 0 spiro atoms. The summed E-state index contributed by atoms with van der Waals surface area (Å²) < 4.78 is 23.7. The van der Waals surface area contributed by atoms with Gasteiger partial charge in [0.25, 0.3) is 11.1 Å². The monoisotopic (exact) mass is 668 g/mol. The smallest absolute Gasteiger partial charge is 0.328 e. The summed E-state index contributed by atoms with van der Waals surface area (Å²) in [5.74, 6) is 1.52. The number of aromatic nitrogens is 3. The molecule has 0 N–H and O–H groups in total. The molecule has 2 aromatic carbocycles. The number of hydrogen-bond donors (Lipinski definition) is 0. The number of halogens is 1. The predicted octanol–water partition coefficient (Wildman–Crippen LogP) is 4.34. The molecular weight excluding hydrogens is 640 g/mol. The fraction of sp³-hybridized carbons (Fsp3) is 0.345. The van der Waals surface area contributed by atoms with Crippen molar-refractivity contribution >= 4 is 56.8 Å². The number of carbonyl (C=O) groups excluding carboxylic acids is 2. The molecule has 0 radical (unpaired) electrons. The molecule has 1 aromatic heterocycles. The van der Waals surface area contributed by atoms with E-state index >= 15 is 0 Å². The highest BCUT2D eigenvalue weighted by Gasteiger charge is 2.35. The average molecular weight is 670 g/mol. The van der Waals surface area contributed by atoms with E-state index in [2.05, 4.69) is 25.9 Å². The molecule has 43 heavy (non-hydrogen) atoms. The van der Waals surface area contributed by atoms with E-state index in [-0.39, 0.29) is 23.7 Å². The van der Waals surface area contributed by atoms with Gasteiger partial charge >= 0.3 is 6.01 Å². The number of hydrogen-bond acceptors (Lipinski definition) is 12. The lowest BCUT2D eigenvalue weighted by Gasteiger charge is -2.30. The van der Waals surface area contributed by atoms with Gasteiger partial charge in [-0.1, -0.05) is 34.1 Å². The van der Waals surface area contributed by atoms with Crippen molar-refractivity contribution in [1.82, 2.24) is 19.9 Å². The molecule has 3 aliphatic heterocycles. The Bertz CT molecular complexity index is 1490. The van der Waals surface area contributed by atoms with Crippen molar-refractivity contribution in [2.45, 2.75) is 6.54 Å². The summed E-state index contributed by atoms with van der Waals surface area (Å²) in [6.07, 6.45) is 1.68. The minimum Gasteiger partial charge on any atom is -0.493 e. The first kappa shape index (κ1) is 29.4. The highest BCUT2D eigenvalue weighted by Crippen LogP contribution is 2.36. The molecule has 6 rings (SSSR count). The van der Waals surface area contributed by atoms with Crippen LogP contribution >= 0.6 is 27.7 Å². The second-order valence-electron chi connectivity index (χ2n) is 9.82. The molecule has 0 saturated carbocycles. The summed E-state index contributed by atoms with van der Waals surface area (Å²) in [7, 11) is 1.53. The van der Waals surface area contributed by atoms with Gasteiger partial charge in [-0.2, -0.15) is 15.0 Å². The first-order valence-corrected chi connectivity index (χ1v) is 15.3. The molecule has 0 bridgehead atoms. The normalized spacial score (nSPS) is 18.5. The molecule has 3 aliphatic rings. The Morgan fingerprint density at radius 1 is 0.884 bits per heavy atom. The van der Waals surface area contributed by atoms with Crippen LogP contribution in [0.2, 0.25) is 0 Å². The van der Waals surface area contributed by atoms with Crippen molar-refractivity contribution < 1.29 is 28.5 Å². The van der Waals surface area contributed by atoms with E-state index in [1.54, 1.807) is 24.3 Å². The molecule has 3 saturated heterocycles. The molecule has 0 atom stereocenters. The zero-order valence-corrected chi connectivity index (χ0v) is 25.8. The fourth-order valence-electron chi connectivity index (χ4n) is 4.71. The second kappa shape index (κ2) is 13.3. The van der Waals surface area contributed by atoms with E-state index in [1.807, 2.05) is 34.1 Å². The lowest BCUT2D eigenvalue weighted by atomic mass is 10.1. The molecule has 3 fully saturated rings. The summed E-state index contributed by atoms with van der Waals surface area (Å²) in [5.41, 5.74) is 1.54. The predicted molar refractivity (Wildman–Crippen MR) is 165 cm³/mol. The molecule has 12 nitrogen and oxygen atoms in total. The number of amides is 2. The second-order valence-corrected chi connectivity index (χ2v) is 11.7. The first-order valence-electron chi connectivity index (χ1n) is 13.7. The third-order valence-electron chi connectivity index (χ3n) is 6.99. The number of thioether (sulfide) groups is 1. The van der Waals surface area contributed by atoms with Crippen LogP contribution in [0.1, 0.15) is 11.1 Å². The van der Waals surface area contributed by atoms with Crippen LogP contribution in [0.4, 0.5) is 16.7 Å². The SMILES string of the molecule is COc1cc(/C=C2\SC(=O)N(Cc3ccc(Br)cc3)C2=O)ccc1Oc1nc(N2CCOCC2)nc(N2CCOCC2)n1. The van der Waals surface area contributed by atoms with Crippen LogP contribution in [0.25, 0.3) is 6.08 Å². The van der Waals surface area contributed by atoms with Crippen molar-refractivity contribution in [3.8, 4) is 17.5 Å². The minimum absolute atomic E-state index is 0.137. The van der Waals surface area contributed by atoms with Crippen molar-refractivity contribution in [2.75, 3.05) is 69.5 Å². The highest BCUT2D eigenvalue weighted by molar-refractivity contribution is 9.10. The van der Waals surface area contributed by atoms with Gasteiger partial charge in [-0.05, 0) is 53.2 Å². The number of carbonyl (C=O) groups is 2. The van der Waals surface area contributed by atoms with Crippen LogP contribution in [-0.4, -0.2) is 90.7 Å². The van der Waals surface area contributed by atoms with Crippen molar-refractivity contribution in [3.05, 3.63) is 63.0 Å². The Labute approximate surface area is 261 Å². The molecule has 0 aliphatic carbocycles. The lowest BCUT2D eigenvalue weighted by molar-refractivity contribution is -0.123. The number of methoxy groups -OCH3 is 1.